The predicted octanol–water partition coefficient (Wildman–Crippen LogP) is 2.20. The molecule has 1 rings (SSSR count). The van der Waals surface area contributed by atoms with E-state index in [-0.39, 0.29) is 18.6 Å². The van der Waals surface area contributed by atoms with E-state index in [9.17, 15) is 4.79 Å². The van der Waals surface area contributed by atoms with Gasteiger partial charge in [-0.25, -0.2) is 0 Å². The Hall–Kier alpha value is -1.55. The van der Waals surface area contributed by atoms with Crippen molar-refractivity contribution in [1.82, 2.24) is 4.90 Å². The highest BCUT2D eigenvalue weighted by Crippen LogP contribution is 2.15. The van der Waals surface area contributed by atoms with Crippen molar-refractivity contribution in [1.29, 1.82) is 0 Å². The van der Waals surface area contributed by atoms with Crippen molar-refractivity contribution in [2.45, 2.75) is 39.3 Å². The average molecular weight is 265 g/mol. The number of carbonyl (C=O) groups is 1. The summed E-state index contributed by atoms with van der Waals surface area (Å²) in [5.74, 6) is 0.893. The smallest absolute Gasteiger partial charge is 0.222 e. The lowest BCUT2D eigenvalue weighted by Gasteiger charge is -2.17. The molecular formula is C15H23NO3. The van der Waals surface area contributed by atoms with Gasteiger partial charge in [-0.2, -0.15) is 0 Å². The second-order valence-electron chi connectivity index (χ2n) is 4.89. The molecule has 4 heteroatoms. The Bertz CT molecular complexity index is 387. The number of hydrogen-bond donors (Lipinski definition) is 1. The van der Waals surface area contributed by atoms with Crippen LogP contribution in [0, 0.1) is 0 Å². The van der Waals surface area contributed by atoms with Crippen LogP contribution in [0.1, 0.15) is 32.3 Å². The number of carbonyl (C=O) groups excluding carboxylic acids is 1. The summed E-state index contributed by atoms with van der Waals surface area (Å²) in [5.41, 5.74) is 1.07. The zero-order chi connectivity index (χ0) is 14.3. The number of amides is 1. The van der Waals surface area contributed by atoms with Gasteiger partial charge in [0.05, 0.1) is 6.10 Å². The molecule has 0 fully saturated rings. The Morgan fingerprint density at radius 2 is 1.95 bits per heavy atom. The molecule has 1 aromatic rings. The maximum Gasteiger partial charge on any atom is 0.222 e. The maximum absolute atomic E-state index is 11.7. The highest BCUT2D eigenvalue weighted by atomic mass is 16.5. The number of rotatable bonds is 7. The number of hydrogen-bond acceptors (Lipinski definition) is 3. The quantitative estimate of drug-likeness (QED) is 0.822. The van der Waals surface area contributed by atoms with Crippen molar-refractivity contribution in [3.8, 4) is 5.75 Å². The van der Waals surface area contributed by atoms with Gasteiger partial charge in [-0.3, -0.25) is 4.79 Å². The minimum Gasteiger partial charge on any atom is -0.491 e. The van der Waals surface area contributed by atoms with Crippen LogP contribution in [0.15, 0.2) is 24.3 Å². The zero-order valence-corrected chi connectivity index (χ0v) is 11.9. The van der Waals surface area contributed by atoms with E-state index in [0.717, 1.165) is 11.3 Å². The zero-order valence-electron chi connectivity index (χ0n) is 11.9. The molecule has 0 spiro atoms. The van der Waals surface area contributed by atoms with Crippen LogP contribution in [0.2, 0.25) is 0 Å². The largest absolute Gasteiger partial charge is 0.491 e. The molecule has 0 aliphatic rings. The van der Waals surface area contributed by atoms with Gasteiger partial charge in [-0.15, -0.1) is 0 Å². The molecule has 19 heavy (non-hydrogen) atoms. The van der Waals surface area contributed by atoms with Crippen LogP contribution in [-0.4, -0.2) is 35.7 Å². The van der Waals surface area contributed by atoms with Gasteiger partial charge in [0.15, 0.2) is 0 Å². The van der Waals surface area contributed by atoms with Gasteiger partial charge in [-0.1, -0.05) is 12.1 Å². The van der Waals surface area contributed by atoms with Crippen LogP contribution in [0.5, 0.6) is 5.75 Å². The normalized spacial score (nSPS) is 10.6. The lowest BCUT2D eigenvalue weighted by atomic mass is 10.2. The van der Waals surface area contributed by atoms with Crippen molar-refractivity contribution in [2.75, 3.05) is 13.7 Å². The van der Waals surface area contributed by atoms with E-state index < -0.39 is 0 Å². The number of nitrogens with zero attached hydrogens (tertiary/aromatic N) is 1. The Kier molecular flexibility index (Phi) is 6.36. The summed E-state index contributed by atoms with van der Waals surface area (Å²) in [6, 6.07) is 7.77. The first-order valence-corrected chi connectivity index (χ1v) is 6.63. The summed E-state index contributed by atoms with van der Waals surface area (Å²) in [5, 5.41) is 8.70. The molecule has 0 atom stereocenters. The summed E-state index contributed by atoms with van der Waals surface area (Å²) in [6.07, 6.45) is 1.07. The fourth-order valence-corrected chi connectivity index (χ4v) is 1.73. The van der Waals surface area contributed by atoms with E-state index in [2.05, 4.69) is 0 Å². The molecule has 1 aromatic carbocycles. The Balaban J connectivity index is 2.50. The first kappa shape index (κ1) is 15.5. The molecule has 0 heterocycles. The standard InChI is InChI=1S/C15H23NO3/c1-12(2)19-14-8-6-13(7-9-14)11-16(3)15(18)5-4-10-17/h6-9,12,17H,4-5,10-11H2,1-3H3. The summed E-state index contributed by atoms with van der Waals surface area (Å²) >= 11 is 0. The monoisotopic (exact) mass is 265 g/mol. The number of aliphatic hydroxyl groups excluding tert-OH is 1. The summed E-state index contributed by atoms with van der Waals surface area (Å²) in [6.45, 7) is 4.61. The Morgan fingerprint density at radius 1 is 1.32 bits per heavy atom. The van der Waals surface area contributed by atoms with Crippen LogP contribution in [0.4, 0.5) is 0 Å². The fraction of sp³-hybridized carbons (Fsp3) is 0.533. The molecule has 0 aliphatic carbocycles. The summed E-state index contributed by atoms with van der Waals surface area (Å²) < 4.78 is 5.57. The van der Waals surface area contributed by atoms with E-state index in [4.69, 9.17) is 9.84 Å². The molecule has 0 saturated heterocycles. The highest BCUT2D eigenvalue weighted by Gasteiger charge is 2.08. The SMILES string of the molecule is CC(C)Oc1ccc(CN(C)C(=O)CCCO)cc1. The van der Waals surface area contributed by atoms with E-state index >= 15 is 0 Å². The molecule has 1 amide bonds. The molecule has 0 aliphatic heterocycles. The summed E-state index contributed by atoms with van der Waals surface area (Å²) in [4.78, 5) is 13.4. The van der Waals surface area contributed by atoms with Crippen LogP contribution < -0.4 is 4.74 Å². The van der Waals surface area contributed by atoms with Crippen molar-refractivity contribution in [3.05, 3.63) is 29.8 Å². The van der Waals surface area contributed by atoms with E-state index in [1.54, 1.807) is 11.9 Å². The molecule has 0 radical (unpaired) electrons. The number of benzene rings is 1. The molecule has 1 N–H and O–H groups in total. The fourth-order valence-electron chi connectivity index (χ4n) is 1.73. The highest BCUT2D eigenvalue weighted by molar-refractivity contribution is 5.75. The predicted molar refractivity (Wildman–Crippen MR) is 75.0 cm³/mol. The van der Waals surface area contributed by atoms with Crippen LogP contribution in [0.25, 0.3) is 0 Å². The van der Waals surface area contributed by atoms with Gasteiger partial charge in [0.1, 0.15) is 5.75 Å². The van der Waals surface area contributed by atoms with Crippen molar-refractivity contribution < 1.29 is 14.6 Å². The van der Waals surface area contributed by atoms with Gasteiger partial charge >= 0.3 is 0 Å². The lowest BCUT2D eigenvalue weighted by Crippen LogP contribution is -2.26. The third-order valence-electron chi connectivity index (χ3n) is 2.69. The van der Waals surface area contributed by atoms with E-state index in [1.165, 1.54) is 0 Å². The molecule has 106 valence electrons. The molecule has 0 saturated carbocycles. The minimum atomic E-state index is 0.0524. The Labute approximate surface area is 115 Å². The van der Waals surface area contributed by atoms with Crippen LogP contribution in [-0.2, 0) is 11.3 Å². The first-order chi connectivity index (χ1) is 9.02. The first-order valence-electron chi connectivity index (χ1n) is 6.63. The van der Waals surface area contributed by atoms with Crippen LogP contribution in [0.3, 0.4) is 0 Å². The second-order valence-corrected chi connectivity index (χ2v) is 4.89. The van der Waals surface area contributed by atoms with Gasteiger partial charge in [0.25, 0.3) is 0 Å². The average Bonchev–Trinajstić information content (AvgIpc) is 2.37. The third-order valence-corrected chi connectivity index (χ3v) is 2.69. The molecule has 0 bridgehead atoms. The van der Waals surface area contributed by atoms with Crippen LogP contribution >= 0.6 is 0 Å². The second kappa shape index (κ2) is 7.79. The van der Waals surface area contributed by atoms with Crippen molar-refractivity contribution >= 4 is 5.91 Å². The van der Waals surface area contributed by atoms with Gasteiger partial charge in [-0.05, 0) is 38.0 Å². The molecular weight excluding hydrogens is 242 g/mol. The van der Waals surface area contributed by atoms with Gasteiger partial charge < -0.3 is 14.7 Å². The Morgan fingerprint density at radius 3 is 2.47 bits per heavy atom. The maximum atomic E-state index is 11.7. The molecule has 0 aromatic heterocycles. The lowest BCUT2D eigenvalue weighted by molar-refractivity contribution is -0.130. The topological polar surface area (TPSA) is 49.8 Å². The van der Waals surface area contributed by atoms with Gasteiger partial charge in [0.2, 0.25) is 5.91 Å². The van der Waals surface area contributed by atoms with Crippen molar-refractivity contribution in [2.24, 2.45) is 0 Å². The van der Waals surface area contributed by atoms with Gasteiger partial charge in [0, 0.05) is 26.6 Å². The van der Waals surface area contributed by atoms with Crippen molar-refractivity contribution in [3.63, 3.8) is 0 Å². The summed E-state index contributed by atoms with van der Waals surface area (Å²) in [7, 11) is 1.78. The molecule has 4 nitrogen and oxygen atoms in total. The number of aliphatic hydroxyl groups is 1. The van der Waals surface area contributed by atoms with E-state index in [1.807, 2.05) is 38.1 Å². The third kappa shape index (κ3) is 5.75. The molecule has 0 unspecified atom stereocenters. The minimum absolute atomic E-state index is 0.0524. The van der Waals surface area contributed by atoms with E-state index in [0.29, 0.717) is 19.4 Å². The number of ether oxygens (including phenoxy) is 1.